The lowest BCUT2D eigenvalue weighted by atomic mass is 10.2. The highest BCUT2D eigenvalue weighted by atomic mass is 16.2. The standard InChI is InChI=1S/C12H21N3O3/c1-5-7(2)13-11(17)8(3)14-9-6-10(16)15(4)12(9)18/h7-9,14H,5-6H2,1-4H3,(H,13,17). The van der Waals surface area contributed by atoms with Crippen molar-refractivity contribution in [1.29, 1.82) is 0 Å². The Bertz CT molecular complexity index is 356. The maximum absolute atomic E-state index is 11.8. The van der Waals surface area contributed by atoms with Gasteiger partial charge in [-0.15, -0.1) is 0 Å². The van der Waals surface area contributed by atoms with Gasteiger partial charge in [0.25, 0.3) is 0 Å². The van der Waals surface area contributed by atoms with Crippen LogP contribution in [-0.2, 0) is 14.4 Å². The van der Waals surface area contributed by atoms with E-state index in [1.54, 1.807) is 6.92 Å². The first-order valence-electron chi connectivity index (χ1n) is 6.23. The van der Waals surface area contributed by atoms with Crippen molar-refractivity contribution in [3.63, 3.8) is 0 Å². The molecular formula is C12H21N3O3. The molecule has 102 valence electrons. The van der Waals surface area contributed by atoms with Gasteiger partial charge in [-0.3, -0.25) is 24.6 Å². The van der Waals surface area contributed by atoms with E-state index in [0.29, 0.717) is 0 Å². The average molecular weight is 255 g/mol. The summed E-state index contributed by atoms with van der Waals surface area (Å²) in [4.78, 5) is 35.9. The fraction of sp³-hybridized carbons (Fsp3) is 0.750. The van der Waals surface area contributed by atoms with Crippen LogP contribution in [0.1, 0.15) is 33.6 Å². The fourth-order valence-electron chi connectivity index (χ4n) is 1.73. The molecule has 18 heavy (non-hydrogen) atoms. The third-order valence-corrected chi connectivity index (χ3v) is 3.23. The van der Waals surface area contributed by atoms with Gasteiger partial charge in [0.15, 0.2) is 0 Å². The summed E-state index contributed by atoms with van der Waals surface area (Å²) in [5, 5.41) is 5.72. The molecule has 3 amide bonds. The Morgan fingerprint density at radius 2 is 2.06 bits per heavy atom. The number of nitrogens with zero attached hydrogens (tertiary/aromatic N) is 1. The summed E-state index contributed by atoms with van der Waals surface area (Å²) in [6, 6.07) is -0.974. The van der Waals surface area contributed by atoms with Gasteiger partial charge in [-0.1, -0.05) is 6.92 Å². The lowest BCUT2D eigenvalue weighted by Crippen LogP contribution is -2.50. The summed E-state index contributed by atoms with van der Waals surface area (Å²) >= 11 is 0. The number of rotatable bonds is 5. The van der Waals surface area contributed by atoms with E-state index in [1.165, 1.54) is 7.05 Å². The Morgan fingerprint density at radius 1 is 1.44 bits per heavy atom. The number of likely N-dealkylation sites (tertiary alicyclic amines) is 1. The van der Waals surface area contributed by atoms with Gasteiger partial charge in [-0.2, -0.15) is 0 Å². The van der Waals surface area contributed by atoms with Crippen LogP contribution >= 0.6 is 0 Å². The summed E-state index contributed by atoms with van der Waals surface area (Å²) in [7, 11) is 1.45. The molecule has 1 aliphatic rings. The molecule has 1 saturated heterocycles. The van der Waals surface area contributed by atoms with Crippen LogP contribution in [0.2, 0.25) is 0 Å². The van der Waals surface area contributed by atoms with Gasteiger partial charge in [0.05, 0.1) is 18.5 Å². The van der Waals surface area contributed by atoms with Crippen LogP contribution in [0.15, 0.2) is 0 Å². The smallest absolute Gasteiger partial charge is 0.246 e. The number of hydrogen-bond acceptors (Lipinski definition) is 4. The van der Waals surface area contributed by atoms with Crippen molar-refractivity contribution in [2.75, 3.05) is 7.05 Å². The van der Waals surface area contributed by atoms with E-state index in [0.717, 1.165) is 11.3 Å². The van der Waals surface area contributed by atoms with Crippen LogP contribution in [0, 0.1) is 0 Å². The van der Waals surface area contributed by atoms with Gasteiger partial charge in [0.2, 0.25) is 17.7 Å². The zero-order valence-electron chi connectivity index (χ0n) is 11.3. The number of amides is 3. The van der Waals surface area contributed by atoms with Crippen molar-refractivity contribution in [1.82, 2.24) is 15.5 Å². The van der Waals surface area contributed by atoms with Crippen LogP contribution in [0.3, 0.4) is 0 Å². The van der Waals surface area contributed by atoms with E-state index in [-0.39, 0.29) is 30.2 Å². The highest BCUT2D eigenvalue weighted by Crippen LogP contribution is 2.11. The van der Waals surface area contributed by atoms with E-state index in [2.05, 4.69) is 10.6 Å². The third-order valence-electron chi connectivity index (χ3n) is 3.23. The van der Waals surface area contributed by atoms with Crippen LogP contribution in [-0.4, -0.2) is 47.8 Å². The molecule has 3 atom stereocenters. The molecule has 0 radical (unpaired) electrons. The number of likely N-dealkylation sites (N-methyl/N-ethyl adjacent to an activating group) is 1. The van der Waals surface area contributed by atoms with E-state index >= 15 is 0 Å². The first-order valence-corrected chi connectivity index (χ1v) is 6.23. The van der Waals surface area contributed by atoms with Crippen molar-refractivity contribution in [2.45, 2.75) is 51.7 Å². The molecule has 1 rings (SSSR count). The molecule has 0 saturated carbocycles. The van der Waals surface area contributed by atoms with Gasteiger partial charge >= 0.3 is 0 Å². The number of imide groups is 1. The number of hydrogen-bond donors (Lipinski definition) is 2. The maximum Gasteiger partial charge on any atom is 0.246 e. The predicted molar refractivity (Wildman–Crippen MR) is 66.7 cm³/mol. The zero-order chi connectivity index (χ0) is 13.9. The molecule has 0 bridgehead atoms. The van der Waals surface area contributed by atoms with E-state index < -0.39 is 12.1 Å². The summed E-state index contributed by atoms with van der Waals surface area (Å²) in [6.45, 7) is 5.59. The fourth-order valence-corrected chi connectivity index (χ4v) is 1.73. The normalized spacial score (nSPS) is 23.1. The highest BCUT2D eigenvalue weighted by Gasteiger charge is 2.37. The average Bonchev–Trinajstić information content (AvgIpc) is 2.56. The summed E-state index contributed by atoms with van der Waals surface area (Å²) in [5.74, 6) is -0.644. The second-order valence-corrected chi connectivity index (χ2v) is 4.75. The van der Waals surface area contributed by atoms with Crippen molar-refractivity contribution >= 4 is 17.7 Å². The summed E-state index contributed by atoms with van der Waals surface area (Å²) < 4.78 is 0. The SMILES string of the molecule is CCC(C)NC(=O)C(C)NC1CC(=O)N(C)C1=O. The van der Waals surface area contributed by atoms with Gasteiger partial charge < -0.3 is 5.32 Å². The third kappa shape index (κ3) is 3.29. The highest BCUT2D eigenvalue weighted by molar-refractivity contribution is 6.05. The minimum absolute atomic E-state index is 0.102. The number of carbonyl (C=O) groups excluding carboxylic acids is 3. The molecule has 6 heteroatoms. The molecule has 1 heterocycles. The second kappa shape index (κ2) is 5.95. The van der Waals surface area contributed by atoms with Crippen molar-refractivity contribution < 1.29 is 14.4 Å². The van der Waals surface area contributed by atoms with Crippen molar-refractivity contribution in [2.24, 2.45) is 0 Å². The van der Waals surface area contributed by atoms with Crippen molar-refractivity contribution in [3.8, 4) is 0 Å². The molecule has 2 N–H and O–H groups in total. The predicted octanol–water partition coefficient (Wildman–Crippen LogP) is -0.363. The van der Waals surface area contributed by atoms with Gasteiger partial charge in [-0.05, 0) is 20.3 Å². The molecule has 0 aromatic rings. The number of carbonyl (C=O) groups is 3. The largest absolute Gasteiger partial charge is 0.352 e. The lowest BCUT2D eigenvalue weighted by molar-refractivity contribution is -0.137. The molecular weight excluding hydrogens is 234 g/mol. The Morgan fingerprint density at radius 3 is 2.50 bits per heavy atom. The molecule has 1 fully saturated rings. The van der Waals surface area contributed by atoms with Crippen LogP contribution < -0.4 is 10.6 Å². The summed E-state index contributed by atoms with van der Waals surface area (Å²) in [5.41, 5.74) is 0. The van der Waals surface area contributed by atoms with Gasteiger partial charge in [0, 0.05) is 13.1 Å². The van der Waals surface area contributed by atoms with Crippen LogP contribution in [0.4, 0.5) is 0 Å². The quantitative estimate of drug-likeness (QED) is 0.657. The number of nitrogens with one attached hydrogen (secondary N) is 2. The molecule has 0 spiro atoms. The Hall–Kier alpha value is -1.43. The van der Waals surface area contributed by atoms with E-state index in [4.69, 9.17) is 0 Å². The van der Waals surface area contributed by atoms with Gasteiger partial charge in [-0.25, -0.2) is 0 Å². The van der Waals surface area contributed by atoms with Crippen LogP contribution in [0.25, 0.3) is 0 Å². The van der Waals surface area contributed by atoms with Crippen molar-refractivity contribution in [3.05, 3.63) is 0 Å². The Kier molecular flexibility index (Phi) is 4.84. The minimum Gasteiger partial charge on any atom is -0.352 e. The van der Waals surface area contributed by atoms with E-state index in [9.17, 15) is 14.4 Å². The molecule has 0 aromatic carbocycles. The molecule has 0 aliphatic carbocycles. The lowest BCUT2D eigenvalue weighted by Gasteiger charge is -2.19. The zero-order valence-corrected chi connectivity index (χ0v) is 11.3. The molecule has 0 aromatic heterocycles. The first-order chi connectivity index (χ1) is 8.36. The maximum atomic E-state index is 11.8. The Labute approximate surface area is 107 Å². The molecule has 3 unspecified atom stereocenters. The van der Waals surface area contributed by atoms with Crippen LogP contribution in [0.5, 0.6) is 0 Å². The second-order valence-electron chi connectivity index (χ2n) is 4.75. The molecule has 1 aliphatic heterocycles. The molecule has 6 nitrogen and oxygen atoms in total. The minimum atomic E-state index is -0.583. The topological polar surface area (TPSA) is 78.5 Å². The monoisotopic (exact) mass is 255 g/mol. The summed E-state index contributed by atoms with van der Waals surface area (Å²) in [6.07, 6.45) is 0.971. The van der Waals surface area contributed by atoms with E-state index in [1.807, 2.05) is 13.8 Å². The first kappa shape index (κ1) is 14.6. The van der Waals surface area contributed by atoms with Gasteiger partial charge in [0.1, 0.15) is 0 Å². The Balaban J connectivity index is 2.50.